The highest BCUT2D eigenvalue weighted by molar-refractivity contribution is 9.11. The molecule has 0 fully saturated rings. The number of carbonyl (C=O) groups is 1. The molecule has 0 N–H and O–H groups in total. The molecule has 1 aromatic rings. The van der Waals surface area contributed by atoms with Crippen molar-refractivity contribution in [3.63, 3.8) is 0 Å². The van der Waals surface area contributed by atoms with Crippen molar-refractivity contribution in [2.24, 2.45) is 0 Å². The number of esters is 1. The van der Waals surface area contributed by atoms with E-state index in [1.807, 2.05) is 30.3 Å². The van der Waals surface area contributed by atoms with Crippen molar-refractivity contribution in [3.05, 3.63) is 45.6 Å². The number of carbonyl (C=O) groups excluding carboxylic acids is 1. The van der Waals surface area contributed by atoms with Crippen LogP contribution in [0.2, 0.25) is 19.6 Å². The van der Waals surface area contributed by atoms with E-state index in [4.69, 9.17) is 9.47 Å². The number of ether oxygens (including phenoxy) is 2. The molecule has 0 amide bonds. The summed E-state index contributed by atoms with van der Waals surface area (Å²) < 4.78 is 12.8. The summed E-state index contributed by atoms with van der Waals surface area (Å²) in [6.45, 7) is 9.26. The Balaban J connectivity index is 2.28. The largest absolute Gasteiger partial charge is 0.464 e. The maximum atomic E-state index is 12.7. The maximum Gasteiger partial charge on any atom is 0.339 e. The molecule has 0 aliphatic carbocycles. The van der Waals surface area contributed by atoms with E-state index in [9.17, 15) is 4.79 Å². The Labute approximate surface area is 154 Å². The summed E-state index contributed by atoms with van der Waals surface area (Å²) in [6.07, 6.45) is 1.94. The van der Waals surface area contributed by atoms with E-state index in [0.717, 1.165) is 34.5 Å². The SMILES string of the molecule is CCCCOC(=O)[C@H]1O[C@H](c2ccccc2)CC(Br)=C1[Si](C)(C)C. The molecule has 2 atom stereocenters. The van der Waals surface area contributed by atoms with Crippen molar-refractivity contribution in [1.82, 2.24) is 0 Å². The lowest BCUT2D eigenvalue weighted by atomic mass is 10.0. The first-order valence-electron chi connectivity index (χ1n) is 8.60. The Morgan fingerprint density at radius 1 is 1.29 bits per heavy atom. The molecule has 0 bridgehead atoms. The van der Waals surface area contributed by atoms with Crippen LogP contribution in [0.4, 0.5) is 0 Å². The molecule has 3 nitrogen and oxygen atoms in total. The summed E-state index contributed by atoms with van der Waals surface area (Å²) in [5, 5.41) is 1.12. The van der Waals surface area contributed by atoms with Gasteiger partial charge in [-0.3, -0.25) is 0 Å². The van der Waals surface area contributed by atoms with Crippen molar-refractivity contribution in [3.8, 4) is 0 Å². The molecule has 1 aliphatic rings. The number of hydrogen-bond acceptors (Lipinski definition) is 3. The lowest BCUT2D eigenvalue weighted by Gasteiger charge is -2.36. The summed E-state index contributed by atoms with van der Waals surface area (Å²) in [7, 11) is -1.72. The first-order chi connectivity index (χ1) is 11.3. The number of rotatable bonds is 6. The third-order valence-corrected chi connectivity index (χ3v) is 7.45. The monoisotopic (exact) mass is 410 g/mol. The normalized spacial score (nSPS) is 21.7. The Hall–Kier alpha value is -0.913. The second kappa shape index (κ2) is 8.45. The van der Waals surface area contributed by atoms with Gasteiger partial charge in [-0.1, -0.05) is 79.2 Å². The van der Waals surface area contributed by atoms with Gasteiger partial charge in [-0.15, -0.1) is 0 Å². The van der Waals surface area contributed by atoms with Gasteiger partial charge in [-0.25, -0.2) is 4.79 Å². The predicted octanol–water partition coefficient (Wildman–Crippen LogP) is 5.39. The number of hydrogen-bond donors (Lipinski definition) is 0. The van der Waals surface area contributed by atoms with Crippen LogP contribution in [0.25, 0.3) is 0 Å². The smallest absolute Gasteiger partial charge is 0.339 e. The Bertz CT molecular complexity index is 592. The van der Waals surface area contributed by atoms with E-state index in [0.29, 0.717) is 6.61 Å². The van der Waals surface area contributed by atoms with E-state index in [1.54, 1.807) is 0 Å². The quantitative estimate of drug-likeness (QED) is 0.358. The lowest BCUT2D eigenvalue weighted by molar-refractivity contribution is -0.158. The molecule has 24 heavy (non-hydrogen) atoms. The minimum Gasteiger partial charge on any atom is -0.464 e. The standard InChI is InChI=1S/C19H27BrO3Si/c1-5-6-12-22-19(21)17-18(24(2,3)4)15(20)13-16(23-17)14-10-8-7-9-11-14/h7-11,16-17H,5-6,12-13H2,1-4H3/t16-,17-/m0/s1. The molecule has 0 unspecified atom stereocenters. The maximum absolute atomic E-state index is 12.7. The first kappa shape index (κ1) is 19.4. The summed E-state index contributed by atoms with van der Waals surface area (Å²) in [6, 6.07) is 10.1. The number of benzene rings is 1. The summed E-state index contributed by atoms with van der Waals surface area (Å²) in [5.74, 6) is -0.251. The van der Waals surface area contributed by atoms with E-state index >= 15 is 0 Å². The number of unbranched alkanes of at least 4 members (excludes halogenated alkanes) is 1. The van der Waals surface area contributed by atoms with Crippen molar-refractivity contribution < 1.29 is 14.3 Å². The molecular formula is C19H27BrO3Si. The van der Waals surface area contributed by atoms with Crippen LogP contribution in [0.3, 0.4) is 0 Å². The first-order valence-corrected chi connectivity index (χ1v) is 12.9. The van der Waals surface area contributed by atoms with Gasteiger partial charge in [0.05, 0.1) is 20.8 Å². The van der Waals surface area contributed by atoms with E-state index in [1.165, 1.54) is 0 Å². The van der Waals surface area contributed by atoms with Crippen LogP contribution in [-0.2, 0) is 14.3 Å². The highest BCUT2D eigenvalue weighted by atomic mass is 79.9. The molecule has 1 aromatic carbocycles. The highest BCUT2D eigenvalue weighted by Gasteiger charge is 2.41. The van der Waals surface area contributed by atoms with Crippen molar-refractivity contribution >= 4 is 30.0 Å². The summed E-state index contributed by atoms with van der Waals surface area (Å²) >= 11 is 3.75. The van der Waals surface area contributed by atoms with Gasteiger partial charge in [-0.2, -0.15) is 0 Å². The number of halogens is 1. The third-order valence-electron chi connectivity index (χ3n) is 4.16. The minimum atomic E-state index is -1.72. The van der Waals surface area contributed by atoms with E-state index in [-0.39, 0.29) is 12.1 Å². The summed E-state index contributed by atoms with van der Waals surface area (Å²) in [5.41, 5.74) is 1.09. The van der Waals surface area contributed by atoms with E-state index < -0.39 is 14.2 Å². The van der Waals surface area contributed by atoms with Crippen molar-refractivity contribution in [2.75, 3.05) is 6.61 Å². The fourth-order valence-corrected chi connectivity index (χ4v) is 7.10. The van der Waals surface area contributed by atoms with Crippen molar-refractivity contribution in [1.29, 1.82) is 0 Å². The molecule has 0 saturated carbocycles. The fourth-order valence-electron chi connectivity index (χ4n) is 2.93. The van der Waals surface area contributed by atoms with Crippen LogP contribution in [0.5, 0.6) is 0 Å². The van der Waals surface area contributed by atoms with Crippen LogP contribution in [0, 0.1) is 0 Å². The van der Waals surface area contributed by atoms with Gasteiger partial charge in [0.15, 0.2) is 6.10 Å². The zero-order chi connectivity index (χ0) is 17.7. The molecule has 0 aromatic heterocycles. The van der Waals surface area contributed by atoms with Gasteiger partial charge in [0.25, 0.3) is 0 Å². The molecule has 0 radical (unpaired) electrons. The van der Waals surface area contributed by atoms with E-state index in [2.05, 4.69) is 42.5 Å². The van der Waals surface area contributed by atoms with Crippen LogP contribution in [-0.4, -0.2) is 26.8 Å². The van der Waals surface area contributed by atoms with Crippen molar-refractivity contribution in [2.45, 2.75) is 58.0 Å². The summed E-state index contributed by atoms with van der Waals surface area (Å²) in [4.78, 5) is 12.7. The van der Waals surface area contributed by atoms with Gasteiger partial charge < -0.3 is 9.47 Å². The molecule has 2 rings (SSSR count). The fraction of sp³-hybridized carbons (Fsp3) is 0.526. The van der Waals surface area contributed by atoms with Crippen LogP contribution in [0.15, 0.2) is 40.0 Å². The molecule has 0 saturated heterocycles. The zero-order valence-corrected chi connectivity index (χ0v) is 17.6. The second-order valence-electron chi connectivity index (χ2n) is 7.21. The second-order valence-corrected chi connectivity index (χ2v) is 13.2. The predicted molar refractivity (Wildman–Crippen MR) is 104 cm³/mol. The average Bonchev–Trinajstić information content (AvgIpc) is 2.53. The Morgan fingerprint density at radius 2 is 1.96 bits per heavy atom. The molecular weight excluding hydrogens is 384 g/mol. The van der Waals surface area contributed by atoms with Gasteiger partial charge in [0.2, 0.25) is 0 Å². The van der Waals surface area contributed by atoms with Crippen LogP contribution in [0.1, 0.15) is 37.9 Å². The van der Waals surface area contributed by atoms with Gasteiger partial charge in [0.1, 0.15) is 0 Å². The Morgan fingerprint density at radius 3 is 2.54 bits per heavy atom. The molecule has 0 spiro atoms. The third kappa shape index (κ3) is 4.80. The molecule has 1 aliphatic heterocycles. The average molecular weight is 411 g/mol. The topological polar surface area (TPSA) is 35.5 Å². The van der Waals surface area contributed by atoms with Crippen LogP contribution >= 0.6 is 15.9 Å². The highest BCUT2D eigenvalue weighted by Crippen LogP contribution is 2.41. The van der Waals surface area contributed by atoms with Crippen LogP contribution < -0.4 is 0 Å². The lowest BCUT2D eigenvalue weighted by Crippen LogP contribution is -2.43. The molecule has 5 heteroatoms. The van der Waals surface area contributed by atoms with Gasteiger partial charge in [0, 0.05) is 6.42 Å². The zero-order valence-electron chi connectivity index (χ0n) is 15.0. The molecule has 132 valence electrons. The van der Waals surface area contributed by atoms with Gasteiger partial charge >= 0.3 is 5.97 Å². The van der Waals surface area contributed by atoms with Gasteiger partial charge in [-0.05, 0) is 21.7 Å². The minimum absolute atomic E-state index is 0.121. The Kier molecular flexibility index (Phi) is 6.84. The molecule has 1 heterocycles.